The molecule has 0 spiro atoms. The van der Waals surface area contributed by atoms with Crippen LogP contribution in [0.5, 0.6) is 0 Å². The second-order valence-electron chi connectivity index (χ2n) is 5.07. The summed E-state index contributed by atoms with van der Waals surface area (Å²) in [6.45, 7) is 2.92. The lowest BCUT2D eigenvalue weighted by Gasteiger charge is -2.13. The number of aryl methyl sites for hydroxylation is 3. The minimum Gasteiger partial charge on any atom is -0.304 e. The molecule has 1 atom stereocenters. The van der Waals surface area contributed by atoms with Gasteiger partial charge >= 0.3 is 0 Å². The van der Waals surface area contributed by atoms with Gasteiger partial charge in [0.05, 0.1) is 11.4 Å². The molecule has 2 aromatic rings. The summed E-state index contributed by atoms with van der Waals surface area (Å²) in [4.78, 5) is 0. The average Bonchev–Trinajstić information content (AvgIpc) is 2.90. The van der Waals surface area contributed by atoms with Crippen LogP contribution in [-0.2, 0) is 20.0 Å². The van der Waals surface area contributed by atoms with Gasteiger partial charge in [0, 0.05) is 19.6 Å². The van der Waals surface area contributed by atoms with Crippen LogP contribution >= 0.6 is 0 Å². The average molecular weight is 241 g/mol. The smallest absolute Gasteiger partial charge is 0.0597 e. The summed E-state index contributed by atoms with van der Waals surface area (Å²) in [7, 11) is 2.01. The number of hydrogen-bond acceptors (Lipinski definition) is 2. The van der Waals surface area contributed by atoms with Gasteiger partial charge in [-0.3, -0.25) is 4.68 Å². The van der Waals surface area contributed by atoms with Crippen molar-refractivity contribution in [1.29, 1.82) is 0 Å². The van der Waals surface area contributed by atoms with E-state index in [0.29, 0.717) is 6.04 Å². The molecule has 1 aliphatic carbocycles. The third-order valence-corrected chi connectivity index (χ3v) is 3.76. The zero-order valence-corrected chi connectivity index (χ0v) is 11.0. The first kappa shape index (κ1) is 11.5. The number of benzene rings is 1. The molecule has 0 saturated carbocycles. The van der Waals surface area contributed by atoms with Crippen LogP contribution in [0.15, 0.2) is 30.3 Å². The topological polar surface area (TPSA) is 29.9 Å². The molecule has 1 unspecified atom stereocenters. The molecule has 18 heavy (non-hydrogen) atoms. The van der Waals surface area contributed by atoms with Crippen LogP contribution in [0.25, 0.3) is 0 Å². The van der Waals surface area contributed by atoms with Crippen LogP contribution in [0, 0.1) is 6.92 Å². The van der Waals surface area contributed by atoms with Crippen molar-refractivity contribution in [2.24, 2.45) is 7.05 Å². The lowest BCUT2D eigenvalue weighted by molar-refractivity contribution is 0.512. The molecule has 1 aromatic heterocycles. The van der Waals surface area contributed by atoms with Gasteiger partial charge in [-0.1, -0.05) is 24.3 Å². The van der Waals surface area contributed by atoms with E-state index >= 15 is 0 Å². The van der Waals surface area contributed by atoms with Crippen molar-refractivity contribution < 1.29 is 0 Å². The summed E-state index contributed by atoms with van der Waals surface area (Å²) in [5.74, 6) is 0. The van der Waals surface area contributed by atoms with Crippen LogP contribution < -0.4 is 5.32 Å². The van der Waals surface area contributed by atoms with E-state index in [2.05, 4.69) is 40.7 Å². The Morgan fingerprint density at radius 3 is 3.00 bits per heavy atom. The van der Waals surface area contributed by atoms with Crippen LogP contribution in [0.2, 0.25) is 0 Å². The van der Waals surface area contributed by atoms with Crippen LogP contribution in [0.1, 0.15) is 35.0 Å². The Balaban J connectivity index is 1.70. The lowest BCUT2D eigenvalue weighted by atomic mass is 10.1. The van der Waals surface area contributed by atoms with Gasteiger partial charge in [0.1, 0.15) is 0 Å². The fourth-order valence-corrected chi connectivity index (χ4v) is 2.83. The van der Waals surface area contributed by atoms with Crippen molar-refractivity contribution in [2.75, 3.05) is 0 Å². The zero-order chi connectivity index (χ0) is 12.5. The first-order valence-corrected chi connectivity index (χ1v) is 6.55. The molecule has 0 saturated heterocycles. The first-order valence-electron chi connectivity index (χ1n) is 6.55. The van der Waals surface area contributed by atoms with Crippen molar-refractivity contribution >= 4 is 0 Å². The Labute approximate surface area is 108 Å². The van der Waals surface area contributed by atoms with Crippen LogP contribution in [0.3, 0.4) is 0 Å². The quantitative estimate of drug-likeness (QED) is 0.894. The molecular weight excluding hydrogens is 222 g/mol. The van der Waals surface area contributed by atoms with Crippen molar-refractivity contribution in [1.82, 2.24) is 15.1 Å². The monoisotopic (exact) mass is 241 g/mol. The van der Waals surface area contributed by atoms with E-state index in [0.717, 1.165) is 12.2 Å². The molecule has 1 heterocycles. The zero-order valence-electron chi connectivity index (χ0n) is 11.0. The second kappa shape index (κ2) is 4.58. The molecular formula is C15H19N3. The summed E-state index contributed by atoms with van der Waals surface area (Å²) in [5, 5.41) is 8.02. The number of rotatable bonds is 3. The number of hydrogen-bond donors (Lipinski definition) is 1. The van der Waals surface area contributed by atoms with Crippen molar-refractivity contribution in [3.63, 3.8) is 0 Å². The molecule has 0 aliphatic heterocycles. The maximum absolute atomic E-state index is 4.38. The molecule has 1 N–H and O–H groups in total. The van der Waals surface area contributed by atoms with Gasteiger partial charge < -0.3 is 5.32 Å². The number of aromatic nitrogens is 2. The molecule has 1 aromatic carbocycles. The van der Waals surface area contributed by atoms with Crippen LogP contribution in [0.4, 0.5) is 0 Å². The largest absolute Gasteiger partial charge is 0.304 e. The van der Waals surface area contributed by atoms with E-state index in [4.69, 9.17) is 0 Å². The Morgan fingerprint density at radius 1 is 1.39 bits per heavy atom. The molecule has 3 heteroatoms. The summed E-state index contributed by atoms with van der Waals surface area (Å²) >= 11 is 0. The summed E-state index contributed by atoms with van der Waals surface area (Å²) in [6.07, 6.45) is 2.40. The Bertz CT molecular complexity index is 557. The van der Waals surface area contributed by atoms with E-state index in [1.165, 1.54) is 29.7 Å². The van der Waals surface area contributed by atoms with Crippen molar-refractivity contribution in [2.45, 2.75) is 32.4 Å². The molecule has 0 fully saturated rings. The lowest BCUT2D eigenvalue weighted by Crippen LogP contribution is -2.20. The van der Waals surface area contributed by atoms with E-state index in [1.54, 1.807) is 0 Å². The van der Waals surface area contributed by atoms with E-state index < -0.39 is 0 Å². The fourth-order valence-electron chi connectivity index (χ4n) is 2.83. The third kappa shape index (κ3) is 2.06. The fraction of sp³-hybridized carbons (Fsp3) is 0.400. The highest BCUT2D eigenvalue weighted by Crippen LogP contribution is 2.30. The number of nitrogens with one attached hydrogen (secondary N) is 1. The van der Waals surface area contributed by atoms with Gasteiger partial charge in [0.2, 0.25) is 0 Å². The summed E-state index contributed by atoms with van der Waals surface area (Å²) < 4.78 is 1.96. The van der Waals surface area contributed by atoms with Gasteiger partial charge in [0.25, 0.3) is 0 Å². The number of fused-ring (bicyclic) bond motifs is 1. The van der Waals surface area contributed by atoms with Gasteiger partial charge in [0.15, 0.2) is 0 Å². The third-order valence-electron chi connectivity index (χ3n) is 3.76. The van der Waals surface area contributed by atoms with E-state index in [-0.39, 0.29) is 0 Å². The molecule has 1 aliphatic rings. The maximum Gasteiger partial charge on any atom is 0.0597 e. The normalized spacial score (nSPS) is 18.0. The second-order valence-corrected chi connectivity index (χ2v) is 5.07. The molecule has 3 nitrogen and oxygen atoms in total. The highest BCUT2D eigenvalue weighted by Gasteiger charge is 2.21. The minimum absolute atomic E-state index is 0.497. The number of nitrogens with zero attached hydrogens (tertiary/aromatic N) is 2. The summed E-state index contributed by atoms with van der Waals surface area (Å²) in [5.41, 5.74) is 5.30. The molecule has 0 amide bonds. The molecule has 94 valence electrons. The summed E-state index contributed by atoms with van der Waals surface area (Å²) in [6, 6.07) is 11.4. The van der Waals surface area contributed by atoms with Gasteiger partial charge in [-0.25, -0.2) is 0 Å². The molecule has 0 bridgehead atoms. The van der Waals surface area contributed by atoms with E-state index in [1.807, 2.05) is 18.7 Å². The minimum atomic E-state index is 0.497. The standard InChI is InChI=1S/C15H19N3/c1-11-9-13(18(2)17-11)10-16-15-8-7-12-5-3-4-6-14(12)15/h3-6,9,15-16H,7-8,10H2,1-2H3. The van der Waals surface area contributed by atoms with E-state index in [9.17, 15) is 0 Å². The Hall–Kier alpha value is -1.61. The van der Waals surface area contributed by atoms with Crippen molar-refractivity contribution in [3.8, 4) is 0 Å². The highest BCUT2D eigenvalue weighted by atomic mass is 15.3. The Kier molecular flexibility index (Phi) is 2.92. The SMILES string of the molecule is Cc1cc(CNC2CCc3ccccc32)n(C)n1. The maximum atomic E-state index is 4.38. The van der Waals surface area contributed by atoms with Crippen molar-refractivity contribution in [3.05, 3.63) is 52.8 Å². The van der Waals surface area contributed by atoms with Gasteiger partial charge in [-0.15, -0.1) is 0 Å². The van der Waals surface area contributed by atoms with Gasteiger partial charge in [-0.05, 0) is 37.0 Å². The predicted molar refractivity (Wildman–Crippen MR) is 72.3 cm³/mol. The highest BCUT2D eigenvalue weighted by molar-refractivity contribution is 5.34. The Morgan fingerprint density at radius 2 is 2.22 bits per heavy atom. The molecule has 0 radical (unpaired) electrons. The van der Waals surface area contributed by atoms with Gasteiger partial charge in [-0.2, -0.15) is 5.10 Å². The van der Waals surface area contributed by atoms with Crippen LogP contribution in [-0.4, -0.2) is 9.78 Å². The predicted octanol–water partition coefficient (Wildman–Crippen LogP) is 2.51. The molecule has 3 rings (SSSR count). The first-order chi connectivity index (χ1) is 8.74.